The van der Waals surface area contributed by atoms with Crippen molar-refractivity contribution in [3.05, 3.63) is 0 Å². The third-order valence-corrected chi connectivity index (χ3v) is 1.17. The van der Waals surface area contributed by atoms with Crippen LogP contribution < -0.4 is 5.32 Å². The highest BCUT2D eigenvalue weighted by Crippen LogP contribution is 1.97. The maximum absolute atomic E-state index is 10.4. The van der Waals surface area contributed by atoms with Crippen LogP contribution in [0.1, 0.15) is 6.92 Å². The van der Waals surface area contributed by atoms with E-state index in [1.54, 1.807) is 6.92 Å². The third-order valence-electron chi connectivity index (χ3n) is 1.17. The predicted octanol–water partition coefficient (Wildman–Crippen LogP) is -0.847. The van der Waals surface area contributed by atoms with E-state index in [2.05, 4.69) is 5.32 Å². The molecule has 1 rings (SSSR count). The molecule has 0 radical (unpaired) electrons. The van der Waals surface area contributed by atoms with Gasteiger partial charge in [-0.3, -0.25) is 15.3 Å². The number of hydrogen-bond acceptors (Lipinski definition) is 3. The molecule has 1 saturated heterocycles. The van der Waals surface area contributed by atoms with E-state index in [1.807, 2.05) is 0 Å². The van der Waals surface area contributed by atoms with E-state index < -0.39 is 0 Å². The Morgan fingerprint density at radius 1 is 2.00 bits per heavy atom. The van der Waals surface area contributed by atoms with Crippen molar-refractivity contribution in [2.24, 2.45) is 0 Å². The zero-order valence-electron chi connectivity index (χ0n) is 4.59. The predicted molar refractivity (Wildman–Crippen MR) is 26.1 cm³/mol. The van der Waals surface area contributed by atoms with Crippen molar-refractivity contribution in [3.63, 3.8) is 0 Å². The van der Waals surface area contributed by atoms with E-state index >= 15 is 0 Å². The molecule has 1 fully saturated rings. The fraction of sp³-hybridized carbons (Fsp3) is 0.750. The first-order valence-electron chi connectivity index (χ1n) is 2.46. The molecular formula is C4H8N2O2. The van der Waals surface area contributed by atoms with Crippen LogP contribution in [-0.4, -0.2) is 28.9 Å². The zero-order valence-corrected chi connectivity index (χ0v) is 4.59. The number of rotatable bonds is 0. The molecule has 0 saturated carbocycles. The van der Waals surface area contributed by atoms with Gasteiger partial charge in [0.05, 0.1) is 6.54 Å². The fourth-order valence-corrected chi connectivity index (χ4v) is 0.618. The molecule has 0 spiro atoms. The first-order valence-corrected chi connectivity index (χ1v) is 2.46. The monoisotopic (exact) mass is 116 g/mol. The summed E-state index contributed by atoms with van der Waals surface area (Å²) in [6, 6.07) is 0. The summed E-state index contributed by atoms with van der Waals surface area (Å²) in [7, 11) is 0. The van der Waals surface area contributed by atoms with Crippen LogP contribution in [-0.2, 0) is 4.79 Å². The minimum Gasteiger partial charge on any atom is -0.287 e. The van der Waals surface area contributed by atoms with Gasteiger partial charge in [-0.05, 0) is 6.92 Å². The van der Waals surface area contributed by atoms with Crippen molar-refractivity contribution in [2.45, 2.75) is 13.1 Å². The molecule has 1 amide bonds. The molecule has 1 atom stereocenters. The van der Waals surface area contributed by atoms with Gasteiger partial charge in [-0.1, -0.05) is 0 Å². The quantitative estimate of drug-likeness (QED) is 0.405. The van der Waals surface area contributed by atoms with Gasteiger partial charge in [-0.2, -0.15) is 0 Å². The summed E-state index contributed by atoms with van der Waals surface area (Å²) in [6.07, 6.45) is -0.220. The molecule has 0 aromatic heterocycles. The first-order chi connectivity index (χ1) is 3.72. The SMILES string of the molecule is C[C@H]1NCC(=O)N1O. The number of carbonyl (C=O) groups is 1. The van der Waals surface area contributed by atoms with Gasteiger partial charge in [0.2, 0.25) is 0 Å². The Kier molecular flexibility index (Phi) is 1.19. The summed E-state index contributed by atoms with van der Waals surface area (Å²) in [6.45, 7) is 1.96. The molecule has 0 aromatic rings. The van der Waals surface area contributed by atoms with E-state index in [4.69, 9.17) is 5.21 Å². The maximum Gasteiger partial charge on any atom is 0.261 e. The molecule has 8 heavy (non-hydrogen) atoms. The number of nitrogens with zero attached hydrogens (tertiary/aromatic N) is 1. The second kappa shape index (κ2) is 1.72. The Morgan fingerprint density at radius 2 is 2.62 bits per heavy atom. The molecule has 4 heteroatoms. The van der Waals surface area contributed by atoms with Gasteiger partial charge < -0.3 is 0 Å². The Balaban J connectivity index is 2.56. The van der Waals surface area contributed by atoms with Gasteiger partial charge in [0.15, 0.2) is 0 Å². The van der Waals surface area contributed by atoms with Crippen LogP contribution in [0.2, 0.25) is 0 Å². The van der Waals surface area contributed by atoms with Crippen molar-refractivity contribution in [3.8, 4) is 0 Å². The van der Waals surface area contributed by atoms with Crippen LogP contribution in [0.15, 0.2) is 0 Å². The third kappa shape index (κ3) is 0.677. The maximum atomic E-state index is 10.4. The minimum atomic E-state index is -0.266. The van der Waals surface area contributed by atoms with Gasteiger partial charge in [-0.25, -0.2) is 5.06 Å². The minimum absolute atomic E-state index is 0.220. The van der Waals surface area contributed by atoms with Gasteiger partial charge in [0.1, 0.15) is 6.17 Å². The first kappa shape index (κ1) is 5.53. The smallest absolute Gasteiger partial charge is 0.261 e. The van der Waals surface area contributed by atoms with E-state index in [9.17, 15) is 4.79 Å². The summed E-state index contributed by atoms with van der Waals surface area (Å²) in [5.74, 6) is -0.266. The molecule has 0 aromatic carbocycles. The number of amides is 1. The van der Waals surface area contributed by atoms with Crippen molar-refractivity contribution in [1.82, 2.24) is 10.4 Å². The summed E-state index contributed by atoms with van der Waals surface area (Å²) in [4.78, 5) is 10.4. The van der Waals surface area contributed by atoms with Crippen LogP contribution in [0.25, 0.3) is 0 Å². The van der Waals surface area contributed by atoms with E-state index in [1.165, 1.54) is 0 Å². The molecule has 46 valence electrons. The zero-order chi connectivity index (χ0) is 6.15. The highest BCUT2D eigenvalue weighted by atomic mass is 16.5. The van der Waals surface area contributed by atoms with Gasteiger partial charge in [-0.15, -0.1) is 0 Å². The molecular weight excluding hydrogens is 108 g/mol. The number of carbonyl (C=O) groups excluding carboxylic acids is 1. The molecule has 2 N–H and O–H groups in total. The lowest BCUT2D eigenvalue weighted by Crippen LogP contribution is -2.31. The highest BCUT2D eigenvalue weighted by Gasteiger charge is 2.24. The highest BCUT2D eigenvalue weighted by molar-refractivity contribution is 5.79. The lowest BCUT2D eigenvalue weighted by molar-refractivity contribution is -0.163. The topological polar surface area (TPSA) is 52.6 Å². The van der Waals surface area contributed by atoms with Crippen LogP contribution in [0.4, 0.5) is 0 Å². The summed E-state index contributed by atoms with van der Waals surface area (Å²) >= 11 is 0. The van der Waals surface area contributed by atoms with Gasteiger partial charge >= 0.3 is 0 Å². The van der Waals surface area contributed by atoms with Crippen LogP contribution in [0.3, 0.4) is 0 Å². The van der Waals surface area contributed by atoms with Crippen molar-refractivity contribution in [2.75, 3.05) is 6.54 Å². The second-order valence-corrected chi connectivity index (χ2v) is 1.80. The Hall–Kier alpha value is -0.610. The van der Waals surface area contributed by atoms with Crippen molar-refractivity contribution >= 4 is 5.91 Å². The lowest BCUT2D eigenvalue weighted by Gasteiger charge is -2.09. The molecule has 0 aliphatic carbocycles. The molecule has 0 bridgehead atoms. The van der Waals surface area contributed by atoms with Crippen molar-refractivity contribution in [1.29, 1.82) is 0 Å². The van der Waals surface area contributed by atoms with Gasteiger partial charge in [0.25, 0.3) is 5.91 Å². The van der Waals surface area contributed by atoms with Crippen LogP contribution in [0.5, 0.6) is 0 Å². The Bertz CT molecular complexity index is 115. The van der Waals surface area contributed by atoms with Gasteiger partial charge in [0, 0.05) is 0 Å². The molecule has 0 unspecified atom stereocenters. The van der Waals surface area contributed by atoms with E-state index in [-0.39, 0.29) is 18.6 Å². The summed E-state index contributed by atoms with van der Waals surface area (Å²) < 4.78 is 0. The average molecular weight is 116 g/mol. The van der Waals surface area contributed by atoms with E-state index in [0.29, 0.717) is 5.06 Å². The molecule has 1 aliphatic rings. The fourth-order valence-electron chi connectivity index (χ4n) is 0.618. The van der Waals surface area contributed by atoms with Crippen LogP contribution in [0, 0.1) is 0 Å². The second-order valence-electron chi connectivity index (χ2n) is 1.80. The number of nitrogens with one attached hydrogen (secondary N) is 1. The lowest BCUT2D eigenvalue weighted by atomic mass is 10.6. The van der Waals surface area contributed by atoms with Crippen LogP contribution >= 0.6 is 0 Å². The Morgan fingerprint density at radius 3 is 2.75 bits per heavy atom. The van der Waals surface area contributed by atoms with E-state index in [0.717, 1.165) is 0 Å². The number of hydrogen-bond donors (Lipinski definition) is 2. The normalized spacial score (nSPS) is 29.5. The number of hydroxylamine groups is 2. The summed E-state index contributed by atoms with van der Waals surface area (Å²) in [5, 5.41) is 12.1. The standard InChI is InChI=1S/C4H8N2O2/c1-3-5-2-4(7)6(3)8/h3,5,8H,2H2,1H3/t3-/m0/s1. The molecule has 1 aliphatic heterocycles. The molecule has 1 heterocycles. The summed E-state index contributed by atoms with van der Waals surface area (Å²) in [5.41, 5.74) is 0. The molecule has 4 nitrogen and oxygen atoms in total. The van der Waals surface area contributed by atoms with Crippen molar-refractivity contribution < 1.29 is 10.0 Å². The Labute approximate surface area is 47.0 Å². The average Bonchev–Trinajstić information content (AvgIpc) is 1.98. The largest absolute Gasteiger partial charge is 0.287 e.